The van der Waals surface area contributed by atoms with Gasteiger partial charge in [-0.05, 0) is 44.7 Å². The number of aliphatic hydroxyl groups excluding tert-OH is 1. The van der Waals surface area contributed by atoms with Crippen LogP contribution in [0.2, 0.25) is 0 Å². The number of hydrogen-bond acceptors (Lipinski definition) is 8. The lowest BCUT2D eigenvalue weighted by molar-refractivity contribution is 0.0539. The van der Waals surface area contributed by atoms with E-state index < -0.39 is 6.10 Å². The summed E-state index contributed by atoms with van der Waals surface area (Å²) in [6.07, 6.45) is 2.84. The number of ether oxygens (including phenoxy) is 1. The van der Waals surface area contributed by atoms with E-state index in [0.29, 0.717) is 36.4 Å². The summed E-state index contributed by atoms with van der Waals surface area (Å²) in [5.41, 5.74) is 2.34. The van der Waals surface area contributed by atoms with Crippen molar-refractivity contribution < 1.29 is 9.84 Å². The third kappa shape index (κ3) is 5.23. The molecule has 8 nitrogen and oxygen atoms in total. The number of nitrogens with one attached hydrogen (secondary N) is 1. The number of amidine groups is 2. The molecule has 2 aliphatic rings. The first-order chi connectivity index (χ1) is 14.0. The number of aromatic nitrogens is 3. The first kappa shape index (κ1) is 20.1. The minimum absolute atomic E-state index is 0.218. The van der Waals surface area contributed by atoms with E-state index in [1.165, 1.54) is 16.9 Å². The van der Waals surface area contributed by atoms with E-state index in [4.69, 9.17) is 4.74 Å². The van der Waals surface area contributed by atoms with Crippen LogP contribution in [0.4, 0.5) is 0 Å². The summed E-state index contributed by atoms with van der Waals surface area (Å²) in [7, 11) is 0. The molecule has 4 atom stereocenters. The fraction of sp³-hybridized carbons (Fsp3) is 0.550. The Balaban J connectivity index is 1.28. The molecule has 1 aliphatic carbocycles. The third-order valence-electron chi connectivity index (χ3n) is 5.02. The number of aliphatic hydroxyl groups is 1. The predicted molar refractivity (Wildman–Crippen MR) is 112 cm³/mol. The molecular formula is C20H26N6O2S. The van der Waals surface area contributed by atoms with Gasteiger partial charge in [0.05, 0.1) is 19.6 Å². The maximum absolute atomic E-state index is 9.56. The van der Waals surface area contributed by atoms with E-state index in [2.05, 4.69) is 49.5 Å². The van der Waals surface area contributed by atoms with Crippen LogP contribution >= 0.6 is 11.3 Å². The van der Waals surface area contributed by atoms with E-state index in [1.54, 1.807) is 6.92 Å². The van der Waals surface area contributed by atoms with Crippen molar-refractivity contribution in [3.63, 3.8) is 0 Å². The molecule has 154 valence electrons. The number of nitrogens with zero attached hydrogens (tertiary/aromatic N) is 5. The zero-order valence-corrected chi connectivity index (χ0v) is 17.7. The second-order valence-corrected chi connectivity index (χ2v) is 8.76. The monoisotopic (exact) mass is 414 g/mol. The summed E-state index contributed by atoms with van der Waals surface area (Å²) in [6.45, 7) is 6.76. The van der Waals surface area contributed by atoms with Gasteiger partial charge >= 0.3 is 0 Å². The van der Waals surface area contributed by atoms with Gasteiger partial charge in [0, 0.05) is 17.8 Å². The highest BCUT2D eigenvalue weighted by atomic mass is 32.1. The first-order valence-electron chi connectivity index (χ1n) is 9.87. The summed E-state index contributed by atoms with van der Waals surface area (Å²) < 4.78 is 6.08. The zero-order chi connectivity index (χ0) is 20.4. The molecule has 0 aromatic carbocycles. The minimum Gasteiger partial charge on any atom is -0.386 e. The van der Waals surface area contributed by atoms with E-state index in [-0.39, 0.29) is 6.23 Å². The molecule has 2 aromatic heterocycles. The topological polar surface area (TPSA) is 105 Å². The van der Waals surface area contributed by atoms with Crippen LogP contribution in [-0.4, -0.2) is 44.8 Å². The molecule has 0 amide bonds. The Morgan fingerprint density at radius 1 is 1.34 bits per heavy atom. The maximum atomic E-state index is 9.56. The van der Waals surface area contributed by atoms with Crippen LogP contribution in [0, 0.1) is 12.8 Å². The minimum atomic E-state index is -0.602. The lowest BCUT2D eigenvalue weighted by atomic mass is 10.2. The largest absolute Gasteiger partial charge is 0.386 e. The SMILES string of the molecule is CC1=NC(OCC2CC2c2ccc(C)cn2)CC(=NCc2nnc(C(C)O)s2)N1. The highest BCUT2D eigenvalue weighted by molar-refractivity contribution is 7.11. The molecule has 0 spiro atoms. The van der Waals surface area contributed by atoms with E-state index in [9.17, 15) is 5.11 Å². The second kappa shape index (κ2) is 8.64. The van der Waals surface area contributed by atoms with Crippen molar-refractivity contribution in [3.8, 4) is 0 Å². The Morgan fingerprint density at radius 3 is 2.93 bits per heavy atom. The molecule has 0 saturated heterocycles. The molecule has 4 rings (SSSR count). The fourth-order valence-electron chi connectivity index (χ4n) is 3.31. The van der Waals surface area contributed by atoms with Crippen molar-refractivity contribution in [1.82, 2.24) is 20.5 Å². The molecule has 0 bridgehead atoms. The van der Waals surface area contributed by atoms with Crippen LogP contribution in [0.3, 0.4) is 0 Å². The molecule has 1 aliphatic heterocycles. The van der Waals surface area contributed by atoms with Crippen molar-refractivity contribution in [2.75, 3.05) is 6.61 Å². The molecule has 2 N–H and O–H groups in total. The van der Waals surface area contributed by atoms with Crippen LogP contribution in [0.1, 0.15) is 60.0 Å². The maximum Gasteiger partial charge on any atom is 0.157 e. The number of rotatable bonds is 7. The molecular weight excluding hydrogens is 388 g/mol. The van der Waals surface area contributed by atoms with Gasteiger partial charge in [-0.25, -0.2) is 4.99 Å². The standard InChI is InChI=1S/C20H26N6O2S/c1-11-4-5-16(21-8-11)15-6-14(15)10-28-18-7-17(23-13(3)24-18)22-9-19-25-26-20(29-19)12(2)27/h4-5,8,12,14-15,18,27H,6-7,9-10H2,1-3H3,(H,22,23,24). The summed E-state index contributed by atoms with van der Waals surface area (Å²) in [5.74, 6) is 2.64. The van der Waals surface area contributed by atoms with Gasteiger partial charge in [0.2, 0.25) is 0 Å². The highest BCUT2D eigenvalue weighted by Gasteiger charge is 2.40. The lowest BCUT2D eigenvalue weighted by Crippen LogP contribution is -2.38. The van der Waals surface area contributed by atoms with Gasteiger partial charge < -0.3 is 15.2 Å². The van der Waals surface area contributed by atoms with E-state index in [1.807, 2.05) is 13.1 Å². The van der Waals surface area contributed by atoms with Gasteiger partial charge in [-0.1, -0.05) is 17.4 Å². The van der Waals surface area contributed by atoms with Crippen molar-refractivity contribution >= 4 is 23.0 Å². The van der Waals surface area contributed by atoms with Crippen LogP contribution in [0.25, 0.3) is 0 Å². The van der Waals surface area contributed by atoms with Gasteiger partial charge in [-0.3, -0.25) is 9.98 Å². The van der Waals surface area contributed by atoms with Crippen molar-refractivity contribution in [2.24, 2.45) is 15.9 Å². The smallest absolute Gasteiger partial charge is 0.157 e. The number of pyridine rings is 1. The van der Waals surface area contributed by atoms with Crippen molar-refractivity contribution in [3.05, 3.63) is 39.6 Å². The average Bonchev–Trinajstić information content (AvgIpc) is 3.30. The highest BCUT2D eigenvalue weighted by Crippen LogP contribution is 2.46. The van der Waals surface area contributed by atoms with E-state index >= 15 is 0 Å². The molecule has 2 aromatic rings. The normalized spacial score (nSPS) is 26.1. The Labute approximate surface area is 174 Å². The van der Waals surface area contributed by atoms with Crippen molar-refractivity contribution in [2.45, 2.75) is 58.4 Å². The molecule has 1 fully saturated rings. The molecule has 4 unspecified atom stereocenters. The van der Waals surface area contributed by atoms with Gasteiger partial charge in [0.25, 0.3) is 0 Å². The number of aryl methyl sites for hydroxylation is 1. The number of hydrogen-bond donors (Lipinski definition) is 2. The fourth-order valence-corrected chi connectivity index (χ4v) is 4.01. The van der Waals surface area contributed by atoms with Crippen molar-refractivity contribution in [1.29, 1.82) is 0 Å². The first-order valence-corrected chi connectivity index (χ1v) is 10.7. The summed E-state index contributed by atoms with van der Waals surface area (Å²) >= 11 is 1.38. The molecule has 0 radical (unpaired) electrons. The number of aliphatic imine (C=N–C) groups is 2. The molecule has 9 heteroatoms. The summed E-state index contributed by atoms with van der Waals surface area (Å²) in [4.78, 5) is 13.7. The van der Waals surface area contributed by atoms with E-state index in [0.717, 1.165) is 28.8 Å². The zero-order valence-electron chi connectivity index (χ0n) is 16.9. The third-order valence-corrected chi connectivity index (χ3v) is 6.09. The Morgan fingerprint density at radius 2 is 2.21 bits per heavy atom. The summed E-state index contributed by atoms with van der Waals surface area (Å²) in [6, 6.07) is 4.23. The Kier molecular flexibility index (Phi) is 5.98. The predicted octanol–water partition coefficient (Wildman–Crippen LogP) is 2.75. The van der Waals surface area contributed by atoms with Gasteiger partial charge in [-0.15, -0.1) is 10.2 Å². The van der Waals surface area contributed by atoms with Gasteiger partial charge in [-0.2, -0.15) is 0 Å². The van der Waals surface area contributed by atoms with Crippen LogP contribution < -0.4 is 5.32 Å². The molecule has 3 heterocycles. The van der Waals surface area contributed by atoms with Gasteiger partial charge in [0.1, 0.15) is 27.8 Å². The second-order valence-electron chi connectivity index (χ2n) is 7.67. The van der Waals surface area contributed by atoms with Crippen LogP contribution in [-0.2, 0) is 11.3 Å². The van der Waals surface area contributed by atoms with Crippen LogP contribution in [0.15, 0.2) is 28.3 Å². The Hall–Kier alpha value is -2.23. The molecule has 29 heavy (non-hydrogen) atoms. The van der Waals surface area contributed by atoms with Gasteiger partial charge in [0.15, 0.2) is 6.23 Å². The quantitative estimate of drug-likeness (QED) is 0.722. The van der Waals surface area contributed by atoms with Crippen LogP contribution in [0.5, 0.6) is 0 Å². The lowest BCUT2D eigenvalue weighted by Gasteiger charge is -2.22. The Bertz CT molecular complexity index is 908. The molecule has 1 saturated carbocycles. The summed E-state index contributed by atoms with van der Waals surface area (Å²) in [5, 5.41) is 22.2. The average molecular weight is 415 g/mol.